The highest BCUT2D eigenvalue weighted by Crippen LogP contribution is 2.43. The molecule has 1 aromatic carbocycles. The maximum atomic E-state index is 11.9. The molecule has 1 aromatic rings. The van der Waals surface area contributed by atoms with E-state index in [4.69, 9.17) is 15.2 Å². The molecule has 1 aliphatic heterocycles. The van der Waals surface area contributed by atoms with E-state index >= 15 is 0 Å². The van der Waals surface area contributed by atoms with Crippen molar-refractivity contribution in [3.05, 3.63) is 17.7 Å². The molecule has 0 aromatic heterocycles. The van der Waals surface area contributed by atoms with Crippen LogP contribution < -0.4 is 15.2 Å². The van der Waals surface area contributed by atoms with Gasteiger partial charge in [-0.1, -0.05) is 6.07 Å². The molecule has 18 heavy (non-hydrogen) atoms. The van der Waals surface area contributed by atoms with Gasteiger partial charge in [-0.25, -0.2) is 8.42 Å². The summed E-state index contributed by atoms with van der Waals surface area (Å²) in [5, 5.41) is 0. The van der Waals surface area contributed by atoms with Gasteiger partial charge >= 0.3 is 0 Å². The smallest absolute Gasteiger partial charge is 0.231 e. The normalized spacial score (nSPS) is 19.9. The molecule has 5 nitrogen and oxygen atoms in total. The van der Waals surface area contributed by atoms with E-state index in [0.29, 0.717) is 17.9 Å². The van der Waals surface area contributed by atoms with Gasteiger partial charge in [-0.05, 0) is 30.9 Å². The summed E-state index contributed by atoms with van der Waals surface area (Å²) in [6.45, 7) is 0.0646. The third kappa shape index (κ3) is 1.95. The SMILES string of the molecule is CS(=O)(=O)c1c(CC2(N)CC2)ccc2c1OCO2. The molecule has 0 unspecified atom stereocenters. The molecule has 2 N–H and O–H groups in total. The summed E-state index contributed by atoms with van der Waals surface area (Å²) in [5.41, 5.74) is 6.55. The lowest BCUT2D eigenvalue weighted by molar-refractivity contribution is 0.172. The topological polar surface area (TPSA) is 78.6 Å². The van der Waals surface area contributed by atoms with Gasteiger partial charge in [0.15, 0.2) is 21.3 Å². The van der Waals surface area contributed by atoms with Crippen molar-refractivity contribution in [3.63, 3.8) is 0 Å². The van der Waals surface area contributed by atoms with Crippen LogP contribution in [-0.4, -0.2) is 27.0 Å². The van der Waals surface area contributed by atoms with Crippen LogP contribution in [0.25, 0.3) is 0 Å². The molecule has 0 radical (unpaired) electrons. The lowest BCUT2D eigenvalue weighted by Gasteiger charge is -2.14. The lowest BCUT2D eigenvalue weighted by Crippen LogP contribution is -2.25. The van der Waals surface area contributed by atoms with Gasteiger partial charge in [-0.2, -0.15) is 0 Å². The standard InChI is InChI=1S/C12H15NO4S/c1-18(14,15)11-8(6-12(13)4-5-12)2-3-9-10(11)17-7-16-9/h2-3H,4-7,13H2,1H3. The van der Waals surface area contributed by atoms with Gasteiger partial charge in [0.05, 0.1) is 0 Å². The Balaban J connectivity index is 2.14. The van der Waals surface area contributed by atoms with E-state index in [9.17, 15) is 8.42 Å². The van der Waals surface area contributed by atoms with Gasteiger partial charge in [0.25, 0.3) is 0 Å². The Hall–Kier alpha value is -1.27. The second-order valence-electron chi connectivity index (χ2n) is 5.10. The number of hydrogen-bond acceptors (Lipinski definition) is 5. The van der Waals surface area contributed by atoms with Crippen molar-refractivity contribution in [2.45, 2.75) is 29.7 Å². The van der Waals surface area contributed by atoms with Gasteiger partial charge < -0.3 is 15.2 Å². The fourth-order valence-corrected chi connectivity index (χ4v) is 3.36. The maximum absolute atomic E-state index is 11.9. The molecule has 6 heteroatoms. The van der Waals surface area contributed by atoms with Crippen LogP contribution in [-0.2, 0) is 16.3 Å². The van der Waals surface area contributed by atoms with E-state index in [1.165, 1.54) is 6.26 Å². The van der Waals surface area contributed by atoms with E-state index in [1.54, 1.807) is 12.1 Å². The monoisotopic (exact) mass is 269 g/mol. The van der Waals surface area contributed by atoms with E-state index in [0.717, 1.165) is 18.4 Å². The molecule has 98 valence electrons. The van der Waals surface area contributed by atoms with E-state index < -0.39 is 9.84 Å². The van der Waals surface area contributed by atoms with Crippen LogP contribution in [0.1, 0.15) is 18.4 Å². The first-order valence-corrected chi connectivity index (χ1v) is 7.69. The van der Waals surface area contributed by atoms with Gasteiger partial charge in [0, 0.05) is 11.8 Å². The van der Waals surface area contributed by atoms with Crippen molar-refractivity contribution < 1.29 is 17.9 Å². The third-order valence-corrected chi connectivity index (χ3v) is 4.57. The quantitative estimate of drug-likeness (QED) is 0.880. The highest BCUT2D eigenvalue weighted by Gasteiger charge is 2.40. The van der Waals surface area contributed by atoms with Gasteiger partial charge in [-0.15, -0.1) is 0 Å². The highest BCUT2D eigenvalue weighted by molar-refractivity contribution is 7.90. The van der Waals surface area contributed by atoms with Crippen LogP contribution in [0.4, 0.5) is 0 Å². The van der Waals surface area contributed by atoms with Gasteiger partial charge in [-0.3, -0.25) is 0 Å². The van der Waals surface area contributed by atoms with Crippen LogP contribution in [0.5, 0.6) is 11.5 Å². The Labute approximate surface area is 106 Å². The van der Waals surface area contributed by atoms with Crippen LogP contribution in [0.15, 0.2) is 17.0 Å². The molecule has 0 bridgehead atoms. The Morgan fingerprint density at radius 1 is 1.33 bits per heavy atom. The largest absolute Gasteiger partial charge is 0.454 e. The summed E-state index contributed by atoms with van der Waals surface area (Å²) in [5.74, 6) is 0.820. The number of benzene rings is 1. The molecule has 0 amide bonds. The predicted octanol–water partition coefficient (Wildman–Crippen LogP) is 0.853. The summed E-state index contributed by atoms with van der Waals surface area (Å²) < 4.78 is 34.4. The van der Waals surface area contributed by atoms with Gasteiger partial charge in [0.1, 0.15) is 4.90 Å². The zero-order valence-electron chi connectivity index (χ0n) is 10.1. The molecule has 1 heterocycles. The summed E-state index contributed by atoms with van der Waals surface area (Å²) >= 11 is 0. The zero-order valence-corrected chi connectivity index (χ0v) is 10.9. The fraction of sp³-hybridized carbons (Fsp3) is 0.500. The van der Waals surface area contributed by atoms with E-state index in [-0.39, 0.29) is 17.2 Å². The minimum Gasteiger partial charge on any atom is -0.454 e. The molecular formula is C12H15NO4S. The minimum absolute atomic E-state index is 0.0646. The first-order chi connectivity index (χ1) is 8.39. The molecule has 0 saturated heterocycles. The number of ether oxygens (including phenoxy) is 2. The predicted molar refractivity (Wildman–Crippen MR) is 65.5 cm³/mol. The first kappa shape index (κ1) is 11.8. The third-order valence-electron chi connectivity index (χ3n) is 3.38. The fourth-order valence-electron chi connectivity index (χ4n) is 2.25. The number of rotatable bonds is 3. The van der Waals surface area contributed by atoms with Crippen molar-refractivity contribution in [2.24, 2.45) is 5.73 Å². The van der Waals surface area contributed by atoms with Crippen LogP contribution in [0, 0.1) is 0 Å². The number of sulfone groups is 1. The number of fused-ring (bicyclic) bond motifs is 1. The summed E-state index contributed by atoms with van der Waals surface area (Å²) in [4.78, 5) is 0.231. The zero-order chi connectivity index (χ0) is 13.0. The second kappa shape index (κ2) is 3.61. The molecule has 1 fully saturated rings. The van der Waals surface area contributed by atoms with Crippen LogP contribution in [0.2, 0.25) is 0 Å². The molecule has 3 rings (SSSR count). The molecule has 1 aliphatic carbocycles. The molecular weight excluding hydrogens is 254 g/mol. The average molecular weight is 269 g/mol. The van der Waals surface area contributed by atoms with E-state index in [1.807, 2.05) is 0 Å². The van der Waals surface area contributed by atoms with Crippen molar-refractivity contribution >= 4 is 9.84 Å². The summed E-state index contributed by atoms with van der Waals surface area (Å²) in [7, 11) is -3.36. The summed E-state index contributed by atoms with van der Waals surface area (Å²) in [6.07, 6.45) is 3.62. The van der Waals surface area contributed by atoms with Gasteiger partial charge in [0.2, 0.25) is 6.79 Å². The van der Waals surface area contributed by atoms with Crippen molar-refractivity contribution in [1.82, 2.24) is 0 Å². The average Bonchev–Trinajstić information content (AvgIpc) is 2.81. The van der Waals surface area contributed by atoms with Crippen LogP contribution in [0.3, 0.4) is 0 Å². The van der Waals surface area contributed by atoms with Crippen LogP contribution >= 0.6 is 0 Å². The summed E-state index contributed by atoms with van der Waals surface area (Å²) in [6, 6.07) is 3.52. The molecule has 0 atom stereocenters. The Kier molecular flexibility index (Phi) is 2.37. The lowest BCUT2D eigenvalue weighted by atomic mass is 10.0. The van der Waals surface area contributed by atoms with Crippen molar-refractivity contribution in [2.75, 3.05) is 13.0 Å². The first-order valence-electron chi connectivity index (χ1n) is 5.79. The minimum atomic E-state index is -3.36. The van der Waals surface area contributed by atoms with E-state index in [2.05, 4.69) is 0 Å². The van der Waals surface area contributed by atoms with Crippen molar-refractivity contribution in [3.8, 4) is 11.5 Å². The maximum Gasteiger partial charge on any atom is 0.231 e. The van der Waals surface area contributed by atoms with Crippen molar-refractivity contribution in [1.29, 1.82) is 0 Å². The molecule has 1 saturated carbocycles. The molecule has 0 spiro atoms. The number of hydrogen-bond donors (Lipinski definition) is 1. The Bertz CT molecular complexity index is 605. The number of nitrogens with two attached hydrogens (primary N) is 1. The Morgan fingerprint density at radius 3 is 2.67 bits per heavy atom. The second-order valence-corrected chi connectivity index (χ2v) is 7.05. The molecule has 2 aliphatic rings. The Morgan fingerprint density at radius 2 is 2.06 bits per heavy atom. The highest BCUT2D eigenvalue weighted by atomic mass is 32.2.